The van der Waals surface area contributed by atoms with Gasteiger partial charge in [0.1, 0.15) is 11.3 Å². The average Bonchev–Trinajstić information content (AvgIpc) is 3.20. The lowest BCUT2D eigenvalue weighted by atomic mass is 10.0. The highest BCUT2D eigenvalue weighted by atomic mass is 16.6. The molecule has 32 heavy (non-hydrogen) atoms. The van der Waals surface area contributed by atoms with E-state index in [0.717, 1.165) is 27.8 Å². The molecule has 0 saturated carbocycles. The molecule has 1 aliphatic rings. The molecular formula is C25H26N4O3. The first-order chi connectivity index (χ1) is 15.2. The van der Waals surface area contributed by atoms with Crippen LogP contribution in [0, 0.1) is 18.3 Å². The number of aryl methyl sites for hydroxylation is 1. The Morgan fingerprint density at radius 2 is 1.94 bits per heavy atom. The third-order valence-corrected chi connectivity index (χ3v) is 5.39. The minimum absolute atomic E-state index is 0.0651. The molecule has 1 aromatic carbocycles. The van der Waals surface area contributed by atoms with E-state index in [1.165, 1.54) is 0 Å². The van der Waals surface area contributed by atoms with Crippen LogP contribution in [0.15, 0.2) is 42.6 Å². The van der Waals surface area contributed by atoms with Gasteiger partial charge < -0.3 is 19.4 Å². The summed E-state index contributed by atoms with van der Waals surface area (Å²) in [5.41, 5.74) is 5.68. The minimum Gasteiger partial charge on any atom is -0.444 e. The predicted molar refractivity (Wildman–Crippen MR) is 121 cm³/mol. The summed E-state index contributed by atoms with van der Waals surface area (Å²) in [6, 6.07) is 13.6. The van der Waals surface area contributed by atoms with Gasteiger partial charge in [-0.05, 0) is 63.1 Å². The lowest BCUT2D eigenvalue weighted by Crippen LogP contribution is -2.38. The Morgan fingerprint density at radius 1 is 1.22 bits per heavy atom. The topological polar surface area (TPSA) is 86.8 Å². The van der Waals surface area contributed by atoms with Gasteiger partial charge in [0.25, 0.3) is 5.91 Å². The number of fused-ring (bicyclic) bond motifs is 3. The number of amides is 2. The van der Waals surface area contributed by atoms with Gasteiger partial charge in [-0.2, -0.15) is 5.26 Å². The number of rotatable bonds is 4. The van der Waals surface area contributed by atoms with Crippen LogP contribution >= 0.6 is 0 Å². The van der Waals surface area contributed by atoms with Crippen molar-refractivity contribution in [2.75, 3.05) is 13.1 Å². The molecule has 4 rings (SSSR count). The van der Waals surface area contributed by atoms with Gasteiger partial charge in [-0.1, -0.05) is 12.1 Å². The highest BCUT2D eigenvalue weighted by Crippen LogP contribution is 2.38. The Balaban J connectivity index is 1.62. The summed E-state index contributed by atoms with van der Waals surface area (Å²) in [6.45, 7) is 8.59. The van der Waals surface area contributed by atoms with Crippen LogP contribution in [0.5, 0.6) is 0 Å². The third-order valence-electron chi connectivity index (χ3n) is 5.39. The van der Waals surface area contributed by atoms with E-state index in [9.17, 15) is 9.59 Å². The number of hydrogen-bond donors (Lipinski definition) is 1. The zero-order valence-corrected chi connectivity index (χ0v) is 18.7. The van der Waals surface area contributed by atoms with Crippen molar-refractivity contribution in [2.24, 2.45) is 0 Å². The van der Waals surface area contributed by atoms with Gasteiger partial charge in [-0.15, -0.1) is 0 Å². The van der Waals surface area contributed by atoms with E-state index in [1.807, 2.05) is 56.5 Å². The maximum absolute atomic E-state index is 13.3. The van der Waals surface area contributed by atoms with E-state index in [4.69, 9.17) is 10.00 Å². The second kappa shape index (κ2) is 8.04. The molecule has 3 heterocycles. The number of nitriles is 1. The van der Waals surface area contributed by atoms with Crippen molar-refractivity contribution in [3.63, 3.8) is 0 Å². The number of carbonyl (C=O) groups is 2. The normalized spacial score (nSPS) is 13.2. The van der Waals surface area contributed by atoms with E-state index in [0.29, 0.717) is 30.9 Å². The summed E-state index contributed by atoms with van der Waals surface area (Å²) < 4.78 is 7.20. The molecule has 3 aromatic rings. The van der Waals surface area contributed by atoms with Crippen molar-refractivity contribution in [3.8, 4) is 17.2 Å². The highest BCUT2D eigenvalue weighted by Gasteiger charge is 2.34. The largest absolute Gasteiger partial charge is 0.444 e. The Morgan fingerprint density at radius 3 is 2.59 bits per heavy atom. The average molecular weight is 431 g/mol. The molecule has 7 heteroatoms. The Labute approximate surface area is 187 Å². The summed E-state index contributed by atoms with van der Waals surface area (Å²) >= 11 is 0. The molecule has 0 aliphatic carbocycles. The lowest BCUT2D eigenvalue weighted by Gasteiger charge is -2.21. The zero-order chi connectivity index (χ0) is 23.0. The van der Waals surface area contributed by atoms with E-state index >= 15 is 0 Å². The molecule has 0 radical (unpaired) electrons. The first-order valence-corrected chi connectivity index (χ1v) is 10.6. The number of nitrogens with zero attached hydrogens (tertiary/aromatic N) is 3. The van der Waals surface area contributed by atoms with Crippen LogP contribution in [0.4, 0.5) is 4.79 Å². The third kappa shape index (κ3) is 4.04. The van der Waals surface area contributed by atoms with Gasteiger partial charge in [-0.25, -0.2) is 4.79 Å². The number of aromatic nitrogens is 1. The zero-order valence-electron chi connectivity index (χ0n) is 18.7. The maximum Gasteiger partial charge on any atom is 0.407 e. The fourth-order valence-electron chi connectivity index (χ4n) is 4.03. The van der Waals surface area contributed by atoms with E-state index in [2.05, 4.69) is 17.5 Å². The Kier molecular flexibility index (Phi) is 5.39. The number of pyridine rings is 1. The molecule has 0 atom stereocenters. The van der Waals surface area contributed by atoms with Crippen LogP contribution in [-0.4, -0.2) is 40.0 Å². The van der Waals surface area contributed by atoms with Crippen LogP contribution in [-0.2, 0) is 11.3 Å². The van der Waals surface area contributed by atoms with Crippen LogP contribution in [0.3, 0.4) is 0 Å². The molecule has 2 aromatic heterocycles. The van der Waals surface area contributed by atoms with Gasteiger partial charge in [0.15, 0.2) is 0 Å². The molecule has 0 bridgehead atoms. The summed E-state index contributed by atoms with van der Waals surface area (Å²) in [4.78, 5) is 26.9. The molecule has 0 saturated heterocycles. The molecule has 1 aliphatic heterocycles. The molecule has 0 unspecified atom stereocenters. The summed E-state index contributed by atoms with van der Waals surface area (Å²) in [5, 5.41) is 11.8. The number of benzene rings is 1. The van der Waals surface area contributed by atoms with Crippen LogP contribution < -0.4 is 5.32 Å². The molecule has 0 fully saturated rings. The van der Waals surface area contributed by atoms with Gasteiger partial charge in [0.05, 0.1) is 17.1 Å². The van der Waals surface area contributed by atoms with E-state index < -0.39 is 11.7 Å². The molecule has 2 amide bonds. The van der Waals surface area contributed by atoms with Gasteiger partial charge in [0, 0.05) is 37.0 Å². The molecule has 164 valence electrons. The first-order valence-electron chi connectivity index (χ1n) is 10.6. The van der Waals surface area contributed by atoms with Crippen molar-refractivity contribution < 1.29 is 14.3 Å². The summed E-state index contributed by atoms with van der Waals surface area (Å²) in [5.74, 6) is -0.0651. The van der Waals surface area contributed by atoms with Gasteiger partial charge in [0.2, 0.25) is 0 Å². The van der Waals surface area contributed by atoms with Crippen LogP contribution in [0.25, 0.3) is 16.6 Å². The van der Waals surface area contributed by atoms with Gasteiger partial charge >= 0.3 is 6.09 Å². The standard InChI is InChI=1S/C25H26N4O3/c1-16-9-11-29-20(13-16)21(18-7-5-17(14-26)6-8-18)19-15-28(23(30)22(19)29)12-10-27-24(31)32-25(2,3)4/h5-9,11,13H,10,12,15H2,1-4H3,(H,27,31). The van der Waals surface area contributed by atoms with Crippen LogP contribution in [0.1, 0.15) is 48.0 Å². The van der Waals surface area contributed by atoms with Gasteiger partial charge in [-0.3, -0.25) is 4.79 Å². The molecular weight excluding hydrogens is 404 g/mol. The van der Waals surface area contributed by atoms with E-state index in [1.54, 1.807) is 17.0 Å². The predicted octanol–water partition coefficient (Wildman–Crippen LogP) is 4.27. The van der Waals surface area contributed by atoms with Crippen molar-refractivity contribution >= 4 is 17.5 Å². The van der Waals surface area contributed by atoms with E-state index in [-0.39, 0.29) is 5.91 Å². The number of ether oxygens (including phenoxy) is 1. The quantitative estimate of drug-likeness (QED) is 0.670. The van der Waals surface area contributed by atoms with Crippen molar-refractivity contribution in [1.29, 1.82) is 5.26 Å². The number of hydrogen-bond acceptors (Lipinski definition) is 4. The monoisotopic (exact) mass is 430 g/mol. The number of alkyl carbamates (subject to hydrolysis) is 1. The fourth-order valence-corrected chi connectivity index (χ4v) is 4.03. The van der Waals surface area contributed by atoms with Crippen molar-refractivity contribution in [3.05, 3.63) is 65.0 Å². The molecule has 0 spiro atoms. The second-order valence-electron chi connectivity index (χ2n) is 9.01. The maximum atomic E-state index is 13.3. The summed E-state index contributed by atoms with van der Waals surface area (Å²) in [7, 11) is 0. The Hall–Kier alpha value is -3.79. The smallest absolute Gasteiger partial charge is 0.407 e. The lowest BCUT2D eigenvalue weighted by molar-refractivity contribution is 0.0515. The number of carbonyl (C=O) groups excluding carboxylic acids is 2. The van der Waals surface area contributed by atoms with Crippen LogP contribution in [0.2, 0.25) is 0 Å². The Bertz CT molecular complexity index is 1240. The summed E-state index contributed by atoms with van der Waals surface area (Å²) in [6.07, 6.45) is 1.43. The first kappa shape index (κ1) is 21.4. The molecule has 1 N–H and O–H groups in total. The fraction of sp³-hybridized carbons (Fsp3) is 0.320. The highest BCUT2D eigenvalue weighted by molar-refractivity contribution is 6.03. The second-order valence-corrected chi connectivity index (χ2v) is 9.01. The SMILES string of the molecule is Cc1ccn2c3c(c(-c4ccc(C#N)cc4)c2c1)CN(CCNC(=O)OC(C)(C)C)C3=O. The number of nitrogens with one attached hydrogen (secondary N) is 1. The minimum atomic E-state index is -0.570. The van der Waals surface area contributed by atoms with Crippen molar-refractivity contribution in [2.45, 2.75) is 39.8 Å². The van der Waals surface area contributed by atoms with Crippen molar-refractivity contribution in [1.82, 2.24) is 14.6 Å². The molecule has 7 nitrogen and oxygen atoms in total.